The molecule has 6 N–H and O–H groups in total. The molecule has 0 fully saturated rings. The van der Waals surface area contributed by atoms with Gasteiger partial charge in [0.25, 0.3) is 30.4 Å². The number of anilines is 5. The molecule has 21 heteroatoms. The number of ketones is 1. The van der Waals surface area contributed by atoms with Crippen LogP contribution in [0.3, 0.4) is 0 Å². The Hall–Kier alpha value is -5.35. The van der Waals surface area contributed by atoms with Crippen molar-refractivity contribution in [2.75, 3.05) is 16.1 Å². The van der Waals surface area contributed by atoms with E-state index < -0.39 is 51.6 Å². The quantitative estimate of drug-likeness (QED) is 0.0889. The summed E-state index contributed by atoms with van der Waals surface area (Å²) >= 11 is 6.05. The SMILES string of the molecule is O=C1/C(=N\Nc2ccc3ccccc3c2S(=O)(=O)O)C(S(=O)(=O)O)=Cc2cc(Nc3nc(Cl)nc(Nc4cccc(S(=O)(=O)O)c4)n3)ccc21. The highest BCUT2D eigenvalue weighted by molar-refractivity contribution is 7.91. The zero-order valence-electron chi connectivity index (χ0n) is 24.7. The molecule has 50 heavy (non-hydrogen) atoms. The van der Waals surface area contributed by atoms with E-state index in [1.54, 1.807) is 12.1 Å². The highest BCUT2D eigenvalue weighted by Gasteiger charge is 2.33. The third-order valence-corrected chi connectivity index (χ3v) is 9.83. The number of allylic oxidation sites excluding steroid dienone is 1. The summed E-state index contributed by atoms with van der Waals surface area (Å²) in [5, 5.41) is 9.70. The summed E-state index contributed by atoms with van der Waals surface area (Å²) in [7, 11) is -14.4. The van der Waals surface area contributed by atoms with E-state index in [9.17, 15) is 43.7 Å². The predicted molar refractivity (Wildman–Crippen MR) is 183 cm³/mol. The maximum Gasteiger partial charge on any atom is 0.297 e. The van der Waals surface area contributed by atoms with Crippen LogP contribution in [0, 0.1) is 0 Å². The summed E-state index contributed by atoms with van der Waals surface area (Å²) in [6, 6.07) is 18.2. The minimum Gasteiger partial charge on any atom is -0.324 e. The molecule has 0 radical (unpaired) electrons. The molecule has 5 aromatic rings. The van der Waals surface area contributed by atoms with Gasteiger partial charge in [-0.05, 0) is 71.1 Å². The minimum atomic E-state index is -5.08. The second-order valence-corrected chi connectivity index (χ2v) is 14.8. The zero-order valence-corrected chi connectivity index (χ0v) is 27.9. The summed E-state index contributed by atoms with van der Waals surface area (Å²) in [4.78, 5) is 23.7. The second kappa shape index (κ2) is 12.8. The molecule has 0 amide bonds. The van der Waals surface area contributed by atoms with Crippen LogP contribution in [-0.2, 0) is 30.4 Å². The number of benzene rings is 4. The van der Waals surface area contributed by atoms with Crippen molar-refractivity contribution in [1.82, 2.24) is 15.0 Å². The Balaban J connectivity index is 1.32. The van der Waals surface area contributed by atoms with Gasteiger partial charge in [0, 0.05) is 22.3 Å². The Morgan fingerprint density at radius 2 is 1.38 bits per heavy atom. The largest absolute Gasteiger partial charge is 0.324 e. The van der Waals surface area contributed by atoms with E-state index in [2.05, 4.69) is 36.1 Å². The Kier molecular flexibility index (Phi) is 8.86. The molecule has 17 nitrogen and oxygen atoms in total. The van der Waals surface area contributed by atoms with Gasteiger partial charge in [0.1, 0.15) is 9.80 Å². The number of carbonyl (C=O) groups excluding carboxylic acids is 1. The van der Waals surface area contributed by atoms with Crippen LogP contribution in [0.5, 0.6) is 0 Å². The molecule has 0 bridgehead atoms. The number of rotatable bonds is 9. The van der Waals surface area contributed by atoms with Crippen molar-refractivity contribution in [2.24, 2.45) is 5.10 Å². The summed E-state index contributed by atoms with van der Waals surface area (Å²) in [5.41, 5.74) is 1.68. The third kappa shape index (κ3) is 7.30. The molecule has 4 aromatic carbocycles. The summed E-state index contributed by atoms with van der Waals surface area (Å²) in [5.74, 6) is -1.21. The van der Waals surface area contributed by atoms with Crippen LogP contribution in [-0.4, -0.2) is 65.4 Å². The number of halogens is 1. The maximum atomic E-state index is 13.5. The van der Waals surface area contributed by atoms with Gasteiger partial charge in [-0.25, -0.2) is 0 Å². The van der Waals surface area contributed by atoms with Crippen LogP contribution in [0.4, 0.5) is 29.0 Å². The molecule has 0 atom stereocenters. The molecular formula is C29H20ClN7O10S3. The number of carbonyl (C=O) groups is 1. The predicted octanol–water partition coefficient (Wildman–Crippen LogP) is 4.55. The van der Waals surface area contributed by atoms with Crippen molar-refractivity contribution >= 4 is 99.3 Å². The van der Waals surface area contributed by atoms with Crippen LogP contribution >= 0.6 is 11.6 Å². The molecular weight excluding hydrogens is 738 g/mol. The van der Waals surface area contributed by atoms with Gasteiger partial charge < -0.3 is 10.6 Å². The van der Waals surface area contributed by atoms with Gasteiger partial charge in [-0.3, -0.25) is 23.9 Å². The number of hydrazone groups is 1. The molecule has 1 aromatic heterocycles. The summed E-state index contributed by atoms with van der Waals surface area (Å²) < 4.78 is 102. The molecule has 0 saturated heterocycles. The lowest BCUT2D eigenvalue weighted by molar-refractivity contribution is 0.106. The number of nitrogens with one attached hydrogen (secondary N) is 3. The zero-order chi connectivity index (χ0) is 36.0. The number of hydrogen-bond acceptors (Lipinski definition) is 14. The summed E-state index contributed by atoms with van der Waals surface area (Å²) in [6.45, 7) is 0. The van der Waals surface area contributed by atoms with Gasteiger partial charge in [0.05, 0.1) is 10.6 Å². The van der Waals surface area contributed by atoms with Gasteiger partial charge >= 0.3 is 0 Å². The second-order valence-electron chi connectivity index (χ2n) is 10.3. The first-order chi connectivity index (χ1) is 23.5. The van der Waals surface area contributed by atoms with Crippen LogP contribution in [0.25, 0.3) is 16.8 Å². The van der Waals surface area contributed by atoms with E-state index in [1.807, 2.05) is 0 Å². The molecule has 0 saturated carbocycles. The highest BCUT2D eigenvalue weighted by atomic mass is 35.5. The van der Waals surface area contributed by atoms with E-state index in [4.69, 9.17) is 11.6 Å². The minimum absolute atomic E-state index is 0.0245. The fourth-order valence-corrected chi connectivity index (χ4v) is 7.10. The average molecular weight is 758 g/mol. The molecule has 6 rings (SSSR count). The van der Waals surface area contributed by atoms with Crippen molar-refractivity contribution in [3.05, 3.63) is 100 Å². The third-order valence-electron chi connectivity index (χ3n) is 6.99. The Morgan fingerprint density at radius 3 is 2.04 bits per heavy atom. The highest BCUT2D eigenvalue weighted by Crippen LogP contribution is 2.32. The van der Waals surface area contributed by atoms with E-state index >= 15 is 0 Å². The molecule has 256 valence electrons. The van der Waals surface area contributed by atoms with Gasteiger partial charge in [-0.1, -0.05) is 36.4 Å². The summed E-state index contributed by atoms with van der Waals surface area (Å²) in [6.07, 6.45) is 0.970. The average Bonchev–Trinajstić information content (AvgIpc) is 3.02. The lowest BCUT2D eigenvalue weighted by Crippen LogP contribution is -2.27. The molecule has 1 heterocycles. The normalized spacial score (nSPS) is 14.3. The monoisotopic (exact) mass is 757 g/mol. The van der Waals surface area contributed by atoms with Crippen LogP contribution in [0.2, 0.25) is 5.28 Å². The number of fused-ring (bicyclic) bond motifs is 2. The van der Waals surface area contributed by atoms with Crippen molar-refractivity contribution in [2.45, 2.75) is 9.79 Å². The number of nitrogens with zero attached hydrogens (tertiary/aromatic N) is 4. The molecule has 0 aliphatic heterocycles. The number of Topliss-reactive ketones (excluding diaryl/α,β-unsaturated/α-hetero) is 1. The lowest BCUT2D eigenvalue weighted by Gasteiger charge is -2.18. The van der Waals surface area contributed by atoms with Gasteiger partial charge in [0.15, 0.2) is 5.71 Å². The standard InChI is InChI=1S/C29H20ClN7O10S3/c30-27-33-28(31-17-5-3-6-19(14-17)48(39,40)41)35-29(34-27)32-18-9-10-20-16(12-18)13-23(49(42,43)44)24(25(20)38)37-36-22-11-8-15-4-1-2-7-21(15)26(22)50(45,46)47/h1-14,36H,(H,39,40,41)(H,42,43,44)(H,45,46,47)(H2,31,32,33,34,35)/b37-24-. The van der Waals surface area contributed by atoms with E-state index in [-0.39, 0.29) is 55.7 Å². The van der Waals surface area contributed by atoms with E-state index in [1.165, 1.54) is 60.7 Å². The van der Waals surface area contributed by atoms with Gasteiger partial charge in [0.2, 0.25) is 23.0 Å². The molecule has 1 aliphatic carbocycles. The Morgan fingerprint density at radius 1 is 0.700 bits per heavy atom. The Bertz CT molecular complexity index is 2650. The van der Waals surface area contributed by atoms with Crippen molar-refractivity contribution in [1.29, 1.82) is 0 Å². The van der Waals surface area contributed by atoms with Gasteiger partial charge in [-0.2, -0.15) is 45.3 Å². The Labute approximate surface area is 288 Å². The lowest BCUT2D eigenvalue weighted by atomic mass is 9.94. The van der Waals surface area contributed by atoms with Crippen LogP contribution < -0.4 is 16.1 Å². The first kappa shape index (κ1) is 34.5. The van der Waals surface area contributed by atoms with E-state index in [0.29, 0.717) is 5.39 Å². The van der Waals surface area contributed by atoms with E-state index in [0.717, 1.165) is 12.1 Å². The molecule has 0 spiro atoms. The fraction of sp³-hybridized carbons (Fsp3) is 0. The first-order valence-electron chi connectivity index (χ1n) is 13.7. The molecule has 0 unspecified atom stereocenters. The van der Waals surface area contributed by atoms with Crippen molar-refractivity contribution in [3.63, 3.8) is 0 Å². The smallest absolute Gasteiger partial charge is 0.297 e. The van der Waals surface area contributed by atoms with Crippen LogP contribution in [0.15, 0.2) is 98.7 Å². The van der Waals surface area contributed by atoms with Crippen molar-refractivity contribution in [3.8, 4) is 0 Å². The fourth-order valence-electron chi connectivity index (χ4n) is 4.90. The first-order valence-corrected chi connectivity index (χ1v) is 18.4. The van der Waals surface area contributed by atoms with Crippen molar-refractivity contribution < 1.29 is 43.7 Å². The topological polar surface area (TPSA) is 267 Å². The van der Waals surface area contributed by atoms with Gasteiger partial charge in [-0.15, -0.1) is 0 Å². The molecule has 1 aliphatic rings. The van der Waals surface area contributed by atoms with Crippen LogP contribution in [0.1, 0.15) is 15.9 Å². The number of aromatic nitrogens is 3. The maximum absolute atomic E-state index is 13.5. The number of hydrogen-bond donors (Lipinski definition) is 6.